The summed E-state index contributed by atoms with van der Waals surface area (Å²) in [5, 5.41) is 0. The zero-order chi connectivity index (χ0) is 14.3. The van der Waals surface area contributed by atoms with Gasteiger partial charge in [-0.25, -0.2) is 0 Å². The number of fused-ring (bicyclic) bond motifs is 1. The molecule has 0 radical (unpaired) electrons. The van der Waals surface area contributed by atoms with Crippen LogP contribution in [-0.2, 0) is 16.0 Å². The predicted molar refractivity (Wildman–Crippen MR) is 78.1 cm³/mol. The molecule has 108 valence electrons. The van der Waals surface area contributed by atoms with Crippen molar-refractivity contribution in [2.75, 3.05) is 6.61 Å². The largest absolute Gasteiger partial charge is 0.356 e. The monoisotopic (exact) mass is 273 g/mol. The van der Waals surface area contributed by atoms with Gasteiger partial charge in [0.05, 0.1) is 18.1 Å². The molecule has 3 atom stereocenters. The van der Waals surface area contributed by atoms with E-state index in [1.165, 1.54) is 5.56 Å². The Morgan fingerprint density at radius 1 is 1.35 bits per heavy atom. The first-order valence-electron chi connectivity index (χ1n) is 7.49. The molecule has 3 rings (SSSR count). The summed E-state index contributed by atoms with van der Waals surface area (Å²) < 4.78 is 5.86. The molecule has 3 heteroatoms. The Morgan fingerprint density at radius 3 is 2.70 bits per heavy atom. The highest BCUT2D eigenvalue weighted by atomic mass is 16.5. The Kier molecular flexibility index (Phi) is 3.33. The summed E-state index contributed by atoms with van der Waals surface area (Å²) in [7, 11) is 0. The summed E-state index contributed by atoms with van der Waals surface area (Å²) in [6.07, 6.45) is 1.60. The Morgan fingerprint density at radius 2 is 2.05 bits per heavy atom. The van der Waals surface area contributed by atoms with Crippen LogP contribution in [0.2, 0.25) is 0 Å². The van der Waals surface area contributed by atoms with Crippen LogP contribution in [-0.4, -0.2) is 29.7 Å². The van der Waals surface area contributed by atoms with Crippen LogP contribution in [0.1, 0.15) is 32.8 Å². The molecule has 0 spiro atoms. The van der Waals surface area contributed by atoms with E-state index in [0.717, 1.165) is 12.8 Å². The van der Waals surface area contributed by atoms with Gasteiger partial charge >= 0.3 is 0 Å². The smallest absolute Gasteiger partial charge is 0.231 e. The van der Waals surface area contributed by atoms with Crippen molar-refractivity contribution in [3.63, 3.8) is 0 Å². The van der Waals surface area contributed by atoms with Crippen LogP contribution in [0.5, 0.6) is 0 Å². The van der Waals surface area contributed by atoms with Gasteiger partial charge in [0.25, 0.3) is 0 Å². The minimum Gasteiger partial charge on any atom is -0.356 e. The number of benzene rings is 1. The van der Waals surface area contributed by atoms with Crippen molar-refractivity contribution in [2.45, 2.75) is 45.9 Å². The van der Waals surface area contributed by atoms with Gasteiger partial charge in [0.2, 0.25) is 5.91 Å². The molecule has 1 aromatic carbocycles. The van der Waals surface area contributed by atoms with E-state index in [-0.39, 0.29) is 23.6 Å². The van der Waals surface area contributed by atoms with Crippen molar-refractivity contribution in [1.82, 2.24) is 4.90 Å². The Hall–Kier alpha value is -1.35. The van der Waals surface area contributed by atoms with Crippen LogP contribution in [0.3, 0.4) is 0 Å². The van der Waals surface area contributed by atoms with Crippen molar-refractivity contribution < 1.29 is 9.53 Å². The normalized spacial score (nSPS) is 33.0. The van der Waals surface area contributed by atoms with Gasteiger partial charge in [-0.1, -0.05) is 51.1 Å². The van der Waals surface area contributed by atoms with E-state index in [9.17, 15) is 4.79 Å². The fourth-order valence-corrected chi connectivity index (χ4v) is 3.51. The standard InChI is InChI=1S/C17H23NO2/c1-12(2)14-11-20-15-10-17(3,16(19)18(14)15)9-13-7-5-4-6-8-13/h4-8,12,14-15H,9-11H2,1-3H3/t14-,15?,17+/m1/s1. The van der Waals surface area contributed by atoms with Gasteiger partial charge in [0.15, 0.2) is 0 Å². The summed E-state index contributed by atoms with van der Waals surface area (Å²) >= 11 is 0. The molecule has 2 fully saturated rings. The van der Waals surface area contributed by atoms with Crippen molar-refractivity contribution in [2.24, 2.45) is 11.3 Å². The summed E-state index contributed by atoms with van der Waals surface area (Å²) in [5.41, 5.74) is 0.908. The highest BCUT2D eigenvalue weighted by molar-refractivity contribution is 5.85. The Bertz CT molecular complexity index is 499. The van der Waals surface area contributed by atoms with Crippen LogP contribution in [0.25, 0.3) is 0 Å². The summed E-state index contributed by atoms with van der Waals surface area (Å²) in [6, 6.07) is 10.5. The molecule has 2 heterocycles. The quantitative estimate of drug-likeness (QED) is 0.847. The third kappa shape index (κ3) is 2.14. The Labute approximate surface area is 120 Å². The van der Waals surface area contributed by atoms with Gasteiger partial charge in [-0.2, -0.15) is 0 Å². The molecule has 2 aliphatic heterocycles. The van der Waals surface area contributed by atoms with Gasteiger partial charge in [-0.3, -0.25) is 4.79 Å². The van der Waals surface area contributed by atoms with Crippen LogP contribution in [0, 0.1) is 11.3 Å². The van der Waals surface area contributed by atoms with Crippen LogP contribution < -0.4 is 0 Å². The van der Waals surface area contributed by atoms with Crippen molar-refractivity contribution in [1.29, 1.82) is 0 Å². The van der Waals surface area contributed by atoms with E-state index < -0.39 is 0 Å². The summed E-state index contributed by atoms with van der Waals surface area (Å²) in [4.78, 5) is 14.9. The second-order valence-electron chi connectivity index (χ2n) is 6.74. The number of carbonyl (C=O) groups is 1. The molecule has 0 saturated carbocycles. The number of rotatable bonds is 3. The third-order valence-corrected chi connectivity index (χ3v) is 4.71. The lowest BCUT2D eigenvalue weighted by Crippen LogP contribution is -2.42. The zero-order valence-corrected chi connectivity index (χ0v) is 12.5. The molecule has 0 aromatic heterocycles. The van der Waals surface area contributed by atoms with Crippen molar-refractivity contribution >= 4 is 5.91 Å². The SMILES string of the molecule is CC(C)[C@H]1COC2C[C@](C)(Cc3ccccc3)C(=O)N21. The van der Waals surface area contributed by atoms with Crippen LogP contribution >= 0.6 is 0 Å². The number of amides is 1. The number of nitrogens with zero attached hydrogens (tertiary/aromatic N) is 1. The molecule has 2 aliphatic rings. The minimum absolute atomic E-state index is 0.0105. The van der Waals surface area contributed by atoms with Gasteiger partial charge < -0.3 is 9.64 Å². The number of ether oxygens (including phenoxy) is 1. The van der Waals surface area contributed by atoms with Crippen molar-refractivity contribution in [3.05, 3.63) is 35.9 Å². The fraction of sp³-hybridized carbons (Fsp3) is 0.588. The molecular weight excluding hydrogens is 250 g/mol. The molecule has 1 unspecified atom stereocenters. The highest BCUT2D eigenvalue weighted by Gasteiger charge is 2.54. The summed E-state index contributed by atoms with van der Waals surface area (Å²) in [5.74, 6) is 0.713. The highest BCUT2D eigenvalue weighted by Crippen LogP contribution is 2.44. The molecule has 20 heavy (non-hydrogen) atoms. The number of hydrogen-bond acceptors (Lipinski definition) is 2. The van der Waals surface area contributed by atoms with Crippen LogP contribution in [0.4, 0.5) is 0 Å². The van der Waals surface area contributed by atoms with Gasteiger partial charge in [-0.15, -0.1) is 0 Å². The molecule has 0 aliphatic carbocycles. The molecular formula is C17H23NO2. The molecule has 1 aromatic rings. The van der Waals surface area contributed by atoms with Gasteiger partial charge in [0, 0.05) is 6.42 Å². The topological polar surface area (TPSA) is 29.5 Å². The summed E-state index contributed by atoms with van der Waals surface area (Å²) in [6.45, 7) is 7.10. The van der Waals surface area contributed by atoms with Gasteiger partial charge in [-0.05, 0) is 17.9 Å². The number of carbonyl (C=O) groups excluding carboxylic acids is 1. The second kappa shape index (κ2) is 4.88. The van der Waals surface area contributed by atoms with Gasteiger partial charge in [0.1, 0.15) is 6.23 Å². The molecule has 0 bridgehead atoms. The van der Waals surface area contributed by atoms with Crippen molar-refractivity contribution in [3.8, 4) is 0 Å². The van der Waals surface area contributed by atoms with E-state index in [1.54, 1.807) is 0 Å². The first-order valence-corrected chi connectivity index (χ1v) is 7.49. The van der Waals surface area contributed by atoms with E-state index in [1.807, 2.05) is 23.1 Å². The Balaban J connectivity index is 1.81. The molecule has 0 N–H and O–H groups in total. The minimum atomic E-state index is -0.320. The average Bonchev–Trinajstić information content (AvgIpc) is 2.91. The maximum atomic E-state index is 12.9. The zero-order valence-electron chi connectivity index (χ0n) is 12.5. The fourth-order valence-electron chi connectivity index (χ4n) is 3.51. The second-order valence-corrected chi connectivity index (χ2v) is 6.74. The van der Waals surface area contributed by atoms with E-state index in [4.69, 9.17) is 4.74 Å². The van der Waals surface area contributed by atoms with E-state index in [0.29, 0.717) is 12.5 Å². The molecule has 3 nitrogen and oxygen atoms in total. The first kappa shape index (κ1) is 13.6. The van der Waals surface area contributed by atoms with E-state index >= 15 is 0 Å². The molecule has 2 saturated heterocycles. The lowest BCUT2D eigenvalue weighted by molar-refractivity contribution is -0.138. The average molecular weight is 273 g/mol. The number of hydrogen-bond donors (Lipinski definition) is 0. The lowest BCUT2D eigenvalue weighted by atomic mass is 9.81. The first-order chi connectivity index (χ1) is 9.51. The lowest BCUT2D eigenvalue weighted by Gasteiger charge is -2.28. The maximum absolute atomic E-state index is 12.9. The van der Waals surface area contributed by atoms with Crippen LogP contribution in [0.15, 0.2) is 30.3 Å². The van der Waals surface area contributed by atoms with E-state index in [2.05, 4.69) is 32.9 Å². The predicted octanol–water partition coefficient (Wildman–Crippen LogP) is 2.85. The molecule has 1 amide bonds. The maximum Gasteiger partial charge on any atom is 0.231 e. The third-order valence-electron chi connectivity index (χ3n) is 4.71.